The van der Waals surface area contributed by atoms with Crippen LogP contribution in [-0.4, -0.2) is 6.54 Å². The highest BCUT2D eigenvalue weighted by atomic mass is 14.6. The van der Waals surface area contributed by atoms with Crippen molar-refractivity contribution in [1.29, 1.82) is 0 Å². The first-order valence-electron chi connectivity index (χ1n) is 8.06. The summed E-state index contributed by atoms with van der Waals surface area (Å²) in [5.41, 5.74) is 9.44. The molecule has 1 aliphatic rings. The Morgan fingerprint density at radius 2 is 1.42 bits per heavy atom. The molecule has 0 saturated heterocycles. The highest BCUT2D eigenvalue weighted by Gasteiger charge is 2.28. The SMILES string of the molecule is CCc1ccc(CC2(CN)CCCCCCC2)cc1. The molecule has 0 atom stereocenters. The Bertz CT molecular complexity index is 358. The van der Waals surface area contributed by atoms with E-state index in [2.05, 4.69) is 31.2 Å². The number of hydrogen-bond donors (Lipinski definition) is 1. The first-order valence-corrected chi connectivity index (χ1v) is 8.06. The molecule has 1 aliphatic carbocycles. The molecular weight excluding hydrogens is 230 g/mol. The highest BCUT2D eigenvalue weighted by Crippen LogP contribution is 2.36. The van der Waals surface area contributed by atoms with Gasteiger partial charge in [0.1, 0.15) is 0 Å². The lowest BCUT2D eigenvalue weighted by atomic mass is 9.72. The van der Waals surface area contributed by atoms with Crippen LogP contribution in [0.2, 0.25) is 0 Å². The van der Waals surface area contributed by atoms with Crippen molar-refractivity contribution in [3.05, 3.63) is 35.4 Å². The van der Waals surface area contributed by atoms with E-state index in [4.69, 9.17) is 5.73 Å². The van der Waals surface area contributed by atoms with Gasteiger partial charge in [-0.2, -0.15) is 0 Å². The third kappa shape index (κ3) is 4.07. The zero-order chi connectivity index (χ0) is 13.6. The van der Waals surface area contributed by atoms with Crippen LogP contribution < -0.4 is 5.73 Å². The number of nitrogens with two attached hydrogens (primary N) is 1. The summed E-state index contributed by atoms with van der Waals surface area (Å²) >= 11 is 0. The fourth-order valence-corrected chi connectivity index (χ4v) is 3.43. The Hall–Kier alpha value is -0.820. The summed E-state index contributed by atoms with van der Waals surface area (Å²) in [6.07, 6.45) is 11.9. The third-order valence-electron chi connectivity index (χ3n) is 4.86. The fourth-order valence-electron chi connectivity index (χ4n) is 3.43. The minimum Gasteiger partial charge on any atom is -0.330 e. The van der Waals surface area contributed by atoms with Crippen molar-refractivity contribution in [1.82, 2.24) is 0 Å². The lowest BCUT2D eigenvalue weighted by molar-refractivity contribution is 0.217. The summed E-state index contributed by atoms with van der Waals surface area (Å²) in [5, 5.41) is 0. The van der Waals surface area contributed by atoms with Gasteiger partial charge in [-0.15, -0.1) is 0 Å². The van der Waals surface area contributed by atoms with Crippen LogP contribution in [-0.2, 0) is 12.8 Å². The maximum Gasteiger partial charge on any atom is -0.00173 e. The zero-order valence-corrected chi connectivity index (χ0v) is 12.5. The molecule has 0 aliphatic heterocycles. The molecule has 1 heteroatoms. The molecule has 0 bridgehead atoms. The molecule has 2 rings (SSSR count). The molecule has 0 spiro atoms. The van der Waals surface area contributed by atoms with Gasteiger partial charge >= 0.3 is 0 Å². The Balaban J connectivity index is 2.06. The average molecular weight is 259 g/mol. The van der Waals surface area contributed by atoms with Gasteiger partial charge < -0.3 is 5.73 Å². The van der Waals surface area contributed by atoms with E-state index in [1.165, 1.54) is 62.5 Å². The van der Waals surface area contributed by atoms with E-state index in [9.17, 15) is 0 Å². The summed E-state index contributed by atoms with van der Waals surface area (Å²) in [5.74, 6) is 0. The molecule has 0 aromatic heterocycles. The first-order chi connectivity index (χ1) is 9.28. The van der Waals surface area contributed by atoms with Crippen LogP contribution in [0.5, 0.6) is 0 Å². The summed E-state index contributed by atoms with van der Waals surface area (Å²) in [6, 6.07) is 9.19. The van der Waals surface area contributed by atoms with Gasteiger partial charge in [-0.1, -0.05) is 63.3 Å². The predicted molar refractivity (Wildman–Crippen MR) is 83.3 cm³/mol. The standard InChI is InChI=1S/C18H29N/c1-2-16-8-10-17(11-9-16)14-18(15-19)12-6-4-3-5-7-13-18/h8-11H,2-7,12-15,19H2,1H3. The molecular formula is C18H29N. The second kappa shape index (κ2) is 7.09. The Labute approximate surface area is 118 Å². The normalized spacial score (nSPS) is 19.7. The second-order valence-corrected chi connectivity index (χ2v) is 6.32. The van der Waals surface area contributed by atoms with Gasteiger partial charge in [0.25, 0.3) is 0 Å². The summed E-state index contributed by atoms with van der Waals surface area (Å²) < 4.78 is 0. The van der Waals surface area contributed by atoms with E-state index in [-0.39, 0.29) is 0 Å². The van der Waals surface area contributed by atoms with Gasteiger partial charge in [0.15, 0.2) is 0 Å². The molecule has 1 fully saturated rings. The van der Waals surface area contributed by atoms with Gasteiger partial charge in [0.2, 0.25) is 0 Å². The van der Waals surface area contributed by atoms with E-state index >= 15 is 0 Å². The zero-order valence-electron chi connectivity index (χ0n) is 12.5. The van der Waals surface area contributed by atoms with Crippen LogP contribution >= 0.6 is 0 Å². The van der Waals surface area contributed by atoms with E-state index in [1.54, 1.807) is 0 Å². The molecule has 0 amide bonds. The summed E-state index contributed by atoms with van der Waals surface area (Å²) in [4.78, 5) is 0. The molecule has 1 nitrogen and oxygen atoms in total. The number of rotatable bonds is 4. The molecule has 0 unspecified atom stereocenters. The molecule has 106 valence electrons. The minimum atomic E-state index is 0.369. The van der Waals surface area contributed by atoms with E-state index in [0.717, 1.165) is 13.0 Å². The Morgan fingerprint density at radius 3 is 1.95 bits per heavy atom. The highest BCUT2D eigenvalue weighted by molar-refractivity contribution is 5.23. The minimum absolute atomic E-state index is 0.369. The molecule has 0 radical (unpaired) electrons. The van der Waals surface area contributed by atoms with E-state index < -0.39 is 0 Å². The molecule has 19 heavy (non-hydrogen) atoms. The maximum absolute atomic E-state index is 6.16. The third-order valence-corrected chi connectivity index (χ3v) is 4.86. The van der Waals surface area contributed by atoms with E-state index in [1.807, 2.05) is 0 Å². The van der Waals surface area contributed by atoms with Crippen molar-refractivity contribution in [3.8, 4) is 0 Å². The second-order valence-electron chi connectivity index (χ2n) is 6.32. The van der Waals surface area contributed by atoms with Crippen LogP contribution in [0.1, 0.15) is 63.0 Å². The smallest absolute Gasteiger partial charge is 0.00173 e. The van der Waals surface area contributed by atoms with Crippen molar-refractivity contribution in [2.75, 3.05) is 6.54 Å². The van der Waals surface area contributed by atoms with Crippen LogP contribution in [0.4, 0.5) is 0 Å². The van der Waals surface area contributed by atoms with Gasteiger partial charge in [-0.25, -0.2) is 0 Å². The number of hydrogen-bond acceptors (Lipinski definition) is 1. The molecule has 1 aromatic rings. The van der Waals surface area contributed by atoms with Crippen LogP contribution in [0.25, 0.3) is 0 Å². The summed E-state index contributed by atoms with van der Waals surface area (Å²) in [7, 11) is 0. The quantitative estimate of drug-likeness (QED) is 0.847. The topological polar surface area (TPSA) is 26.0 Å². The molecule has 0 heterocycles. The molecule has 1 aromatic carbocycles. The maximum atomic E-state index is 6.16. The lowest BCUT2D eigenvalue weighted by Crippen LogP contribution is -2.33. The predicted octanol–water partition coefficient (Wildman–Crippen LogP) is 4.48. The Kier molecular flexibility index (Phi) is 5.45. The first kappa shape index (κ1) is 14.6. The number of aryl methyl sites for hydroxylation is 1. The average Bonchev–Trinajstić information content (AvgIpc) is 2.43. The molecule has 1 saturated carbocycles. The van der Waals surface area contributed by atoms with E-state index in [0.29, 0.717) is 5.41 Å². The van der Waals surface area contributed by atoms with Crippen LogP contribution in [0.15, 0.2) is 24.3 Å². The fraction of sp³-hybridized carbons (Fsp3) is 0.667. The van der Waals surface area contributed by atoms with Gasteiger partial charge in [0.05, 0.1) is 0 Å². The monoisotopic (exact) mass is 259 g/mol. The molecule has 2 N–H and O–H groups in total. The Morgan fingerprint density at radius 1 is 0.895 bits per heavy atom. The lowest BCUT2D eigenvalue weighted by Gasteiger charge is -2.34. The summed E-state index contributed by atoms with van der Waals surface area (Å²) in [6.45, 7) is 3.06. The van der Waals surface area contributed by atoms with Crippen molar-refractivity contribution < 1.29 is 0 Å². The van der Waals surface area contributed by atoms with Crippen molar-refractivity contribution in [3.63, 3.8) is 0 Å². The van der Waals surface area contributed by atoms with Crippen molar-refractivity contribution in [2.24, 2.45) is 11.1 Å². The van der Waals surface area contributed by atoms with Gasteiger partial charge in [-0.3, -0.25) is 0 Å². The van der Waals surface area contributed by atoms with Gasteiger partial charge in [-0.05, 0) is 48.8 Å². The van der Waals surface area contributed by atoms with Crippen molar-refractivity contribution >= 4 is 0 Å². The van der Waals surface area contributed by atoms with Gasteiger partial charge in [0, 0.05) is 0 Å². The largest absolute Gasteiger partial charge is 0.330 e. The number of benzene rings is 1. The van der Waals surface area contributed by atoms with Crippen LogP contribution in [0.3, 0.4) is 0 Å². The van der Waals surface area contributed by atoms with Crippen LogP contribution in [0, 0.1) is 5.41 Å². The van der Waals surface area contributed by atoms with Crippen molar-refractivity contribution in [2.45, 2.75) is 64.7 Å².